The summed E-state index contributed by atoms with van der Waals surface area (Å²) >= 11 is 0. The Kier molecular flexibility index (Phi) is 4.36. The zero-order valence-electron chi connectivity index (χ0n) is 10.1. The molecule has 0 radical (unpaired) electrons. The van der Waals surface area contributed by atoms with Crippen molar-refractivity contribution in [2.24, 2.45) is 0 Å². The maximum absolute atomic E-state index is 9.50. The smallest absolute Gasteiger partial charge is 0.122 e. The number of ether oxygens (including phenoxy) is 2. The van der Waals surface area contributed by atoms with Gasteiger partial charge in [0.05, 0.1) is 19.3 Å². The van der Waals surface area contributed by atoms with Gasteiger partial charge in [0.2, 0.25) is 0 Å². The molecule has 0 saturated heterocycles. The van der Waals surface area contributed by atoms with Gasteiger partial charge in [0.25, 0.3) is 0 Å². The average molecular weight is 237 g/mol. The minimum Gasteiger partial charge on any atom is -0.493 e. The van der Waals surface area contributed by atoms with Crippen LogP contribution in [0.25, 0.3) is 0 Å². The third-order valence-corrected chi connectivity index (χ3v) is 2.93. The maximum atomic E-state index is 9.50. The van der Waals surface area contributed by atoms with E-state index in [2.05, 4.69) is 11.4 Å². The van der Waals surface area contributed by atoms with E-state index in [0.29, 0.717) is 25.7 Å². The number of para-hydroxylation sites is 1. The molecule has 94 valence electrons. The average Bonchev–Trinajstić information content (AvgIpc) is 2.73. The summed E-state index contributed by atoms with van der Waals surface area (Å²) < 4.78 is 10.5. The molecule has 2 atom stereocenters. The quantitative estimate of drug-likeness (QED) is 0.767. The van der Waals surface area contributed by atoms with Crippen LogP contribution in [-0.2, 0) is 4.74 Å². The van der Waals surface area contributed by atoms with E-state index in [1.165, 1.54) is 5.56 Å². The third kappa shape index (κ3) is 3.19. The number of methoxy groups -OCH3 is 1. The minimum absolute atomic E-state index is 0.366. The largest absolute Gasteiger partial charge is 0.493 e. The predicted molar refractivity (Wildman–Crippen MR) is 65.4 cm³/mol. The van der Waals surface area contributed by atoms with Gasteiger partial charge in [-0.2, -0.15) is 0 Å². The summed E-state index contributed by atoms with van der Waals surface area (Å²) in [5.41, 5.74) is 1.25. The van der Waals surface area contributed by atoms with Crippen molar-refractivity contribution in [3.05, 3.63) is 29.8 Å². The minimum atomic E-state index is -0.447. The Balaban J connectivity index is 1.78. The van der Waals surface area contributed by atoms with Gasteiger partial charge in [0, 0.05) is 31.7 Å². The molecule has 0 amide bonds. The second kappa shape index (κ2) is 6.00. The van der Waals surface area contributed by atoms with E-state index in [1.807, 2.05) is 18.2 Å². The summed E-state index contributed by atoms with van der Waals surface area (Å²) in [5, 5.41) is 12.7. The lowest BCUT2D eigenvalue weighted by atomic mass is 10.0. The summed E-state index contributed by atoms with van der Waals surface area (Å²) in [4.78, 5) is 0. The second-order valence-corrected chi connectivity index (χ2v) is 4.31. The molecule has 0 aliphatic carbocycles. The molecule has 0 aromatic heterocycles. The highest BCUT2D eigenvalue weighted by Gasteiger charge is 2.23. The van der Waals surface area contributed by atoms with Gasteiger partial charge in [-0.05, 0) is 6.07 Å². The second-order valence-electron chi connectivity index (χ2n) is 4.31. The zero-order chi connectivity index (χ0) is 12.1. The van der Waals surface area contributed by atoms with Crippen LogP contribution >= 0.6 is 0 Å². The van der Waals surface area contributed by atoms with Crippen LogP contribution in [0.2, 0.25) is 0 Å². The monoisotopic (exact) mass is 237 g/mol. The maximum Gasteiger partial charge on any atom is 0.122 e. The fourth-order valence-electron chi connectivity index (χ4n) is 2.07. The Hall–Kier alpha value is -1.10. The molecule has 4 nitrogen and oxygen atoms in total. The van der Waals surface area contributed by atoms with Gasteiger partial charge in [0.15, 0.2) is 0 Å². The first-order valence-corrected chi connectivity index (χ1v) is 5.90. The van der Waals surface area contributed by atoms with E-state index in [4.69, 9.17) is 9.47 Å². The van der Waals surface area contributed by atoms with Crippen molar-refractivity contribution in [1.82, 2.24) is 5.32 Å². The summed E-state index contributed by atoms with van der Waals surface area (Å²) in [6.45, 7) is 2.45. The summed E-state index contributed by atoms with van der Waals surface area (Å²) in [7, 11) is 1.59. The van der Waals surface area contributed by atoms with Crippen molar-refractivity contribution in [3.8, 4) is 5.75 Å². The van der Waals surface area contributed by atoms with Gasteiger partial charge in [-0.3, -0.25) is 0 Å². The number of benzene rings is 1. The van der Waals surface area contributed by atoms with Crippen LogP contribution in [0, 0.1) is 0 Å². The van der Waals surface area contributed by atoms with Crippen LogP contribution in [0.15, 0.2) is 24.3 Å². The highest BCUT2D eigenvalue weighted by molar-refractivity contribution is 5.39. The van der Waals surface area contributed by atoms with Gasteiger partial charge < -0.3 is 19.9 Å². The molecule has 0 fully saturated rings. The molecule has 0 bridgehead atoms. The van der Waals surface area contributed by atoms with Crippen LogP contribution in [0.1, 0.15) is 11.5 Å². The number of hydrogen-bond acceptors (Lipinski definition) is 4. The summed E-state index contributed by atoms with van der Waals surface area (Å²) in [6.07, 6.45) is -0.447. The van der Waals surface area contributed by atoms with Crippen LogP contribution < -0.4 is 10.1 Å². The van der Waals surface area contributed by atoms with E-state index < -0.39 is 6.10 Å². The molecule has 4 heteroatoms. The summed E-state index contributed by atoms with van der Waals surface area (Å²) in [5.74, 6) is 1.36. The van der Waals surface area contributed by atoms with Crippen molar-refractivity contribution in [2.75, 3.05) is 33.4 Å². The molecule has 1 aromatic rings. The van der Waals surface area contributed by atoms with E-state index in [9.17, 15) is 5.11 Å². The number of fused-ring (bicyclic) bond motifs is 1. The molecular formula is C13H19NO3. The van der Waals surface area contributed by atoms with E-state index >= 15 is 0 Å². The van der Waals surface area contributed by atoms with Gasteiger partial charge >= 0.3 is 0 Å². The third-order valence-electron chi connectivity index (χ3n) is 2.93. The van der Waals surface area contributed by atoms with E-state index in [-0.39, 0.29) is 0 Å². The molecular weight excluding hydrogens is 218 g/mol. The molecule has 0 spiro atoms. The number of rotatable bonds is 6. The fraction of sp³-hybridized carbons (Fsp3) is 0.538. The topological polar surface area (TPSA) is 50.7 Å². The number of aliphatic hydroxyl groups is 1. The Morgan fingerprint density at radius 3 is 3.18 bits per heavy atom. The lowest BCUT2D eigenvalue weighted by Crippen LogP contribution is -2.33. The SMILES string of the molecule is COCC(O)CNCC1COc2ccccc21. The van der Waals surface area contributed by atoms with Gasteiger partial charge in [0.1, 0.15) is 5.75 Å². The van der Waals surface area contributed by atoms with Gasteiger partial charge in [-0.25, -0.2) is 0 Å². The van der Waals surface area contributed by atoms with Crippen molar-refractivity contribution in [1.29, 1.82) is 0 Å². The standard InChI is InChI=1S/C13H19NO3/c1-16-9-11(15)7-14-6-10-8-17-13-5-3-2-4-12(10)13/h2-5,10-11,14-15H,6-9H2,1H3. The van der Waals surface area contributed by atoms with Crippen molar-refractivity contribution < 1.29 is 14.6 Å². The zero-order valence-corrected chi connectivity index (χ0v) is 10.1. The predicted octanol–water partition coefficient (Wildman–Crippen LogP) is 0.759. The Morgan fingerprint density at radius 2 is 2.35 bits per heavy atom. The molecule has 2 rings (SSSR count). The molecule has 1 aliphatic rings. The number of nitrogens with one attached hydrogen (secondary N) is 1. The molecule has 2 unspecified atom stereocenters. The van der Waals surface area contributed by atoms with Crippen LogP contribution in [0.4, 0.5) is 0 Å². The number of hydrogen-bond donors (Lipinski definition) is 2. The fourth-order valence-corrected chi connectivity index (χ4v) is 2.07. The van der Waals surface area contributed by atoms with Crippen LogP contribution in [0.3, 0.4) is 0 Å². The molecule has 1 aromatic carbocycles. The van der Waals surface area contributed by atoms with Crippen LogP contribution in [0.5, 0.6) is 5.75 Å². The number of aliphatic hydroxyl groups excluding tert-OH is 1. The molecule has 0 saturated carbocycles. The highest BCUT2D eigenvalue weighted by atomic mass is 16.5. The highest BCUT2D eigenvalue weighted by Crippen LogP contribution is 2.32. The van der Waals surface area contributed by atoms with Gasteiger partial charge in [-0.15, -0.1) is 0 Å². The lowest BCUT2D eigenvalue weighted by molar-refractivity contribution is 0.0643. The molecule has 1 aliphatic heterocycles. The lowest BCUT2D eigenvalue weighted by Gasteiger charge is -2.13. The Labute approximate surface area is 102 Å². The first-order valence-electron chi connectivity index (χ1n) is 5.90. The normalized spacial score (nSPS) is 19.8. The molecule has 1 heterocycles. The Morgan fingerprint density at radius 1 is 1.53 bits per heavy atom. The van der Waals surface area contributed by atoms with Crippen molar-refractivity contribution >= 4 is 0 Å². The van der Waals surface area contributed by atoms with Gasteiger partial charge in [-0.1, -0.05) is 18.2 Å². The van der Waals surface area contributed by atoms with Crippen molar-refractivity contribution in [2.45, 2.75) is 12.0 Å². The summed E-state index contributed by atoms with van der Waals surface area (Å²) in [6, 6.07) is 8.10. The molecule has 17 heavy (non-hydrogen) atoms. The Bertz CT molecular complexity index is 356. The van der Waals surface area contributed by atoms with E-state index in [1.54, 1.807) is 7.11 Å². The molecule has 2 N–H and O–H groups in total. The first-order chi connectivity index (χ1) is 8.31. The van der Waals surface area contributed by atoms with Crippen molar-refractivity contribution in [3.63, 3.8) is 0 Å². The van der Waals surface area contributed by atoms with E-state index in [0.717, 1.165) is 12.3 Å². The van der Waals surface area contributed by atoms with Crippen LogP contribution in [-0.4, -0.2) is 44.6 Å². The first kappa shape index (κ1) is 12.4.